The summed E-state index contributed by atoms with van der Waals surface area (Å²) >= 11 is 0. The first kappa shape index (κ1) is 13.9. The lowest BCUT2D eigenvalue weighted by molar-refractivity contribution is -0.136. The van der Waals surface area contributed by atoms with E-state index in [9.17, 15) is 13.2 Å². The SMILES string of the molecule is Cc1cc2c(cc1C)S(=O)(=O)CCN2CCC(=O)O. The van der Waals surface area contributed by atoms with Crippen LogP contribution in [-0.2, 0) is 14.6 Å². The van der Waals surface area contributed by atoms with Crippen LogP contribution in [-0.4, -0.2) is 38.3 Å². The van der Waals surface area contributed by atoms with Gasteiger partial charge in [-0.15, -0.1) is 0 Å². The zero-order valence-corrected chi connectivity index (χ0v) is 11.8. The predicted molar refractivity (Wildman–Crippen MR) is 72.4 cm³/mol. The summed E-state index contributed by atoms with van der Waals surface area (Å²) in [5.74, 6) is -0.832. The maximum Gasteiger partial charge on any atom is 0.305 e. The minimum Gasteiger partial charge on any atom is -0.481 e. The number of carbonyl (C=O) groups is 1. The van der Waals surface area contributed by atoms with Gasteiger partial charge < -0.3 is 10.0 Å². The van der Waals surface area contributed by atoms with Crippen LogP contribution in [0.3, 0.4) is 0 Å². The number of benzene rings is 1. The van der Waals surface area contributed by atoms with Gasteiger partial charge in [0.25, 0.3) is 0 Å². The van der Waals surface area contributed by atoms with E-state index < -0.39 is 15.8 Å². The molecule has 1 N–H and O–H groups in total. The molecule has 2 rings (SSSR count). The van der Waals surface area contributed by atoms with Crippen molar-refractivity contribution in [1.29, 1.82) is 0 Å². The predicted octanol–water partition coefficient (Wildman–Crippen LogP) is 1.37. The average Bonchev–Trinajstić information content (AvgIpc) is 2.31. The molecule has 1 aromatic carbocycles. The van der Waals surface area contributed by atoms with Crippen LogP contribution in [0.25, 0.3) is 0 Å². The standard InChI is InChI=1S/C13H17NO4S/c1-9-7-11-12(8-10(9)2)19(17,18)6-5-14(11)4-3-13(15)16/h7-8H,3-6H2,1-2H3,(H,15,16). The van der Waals surface area contributed by atoms with Gasteiger partial charge in [0.1, 0.15) is 0 Å². The molecule has 0 saturated heterocycles. The van der Waals surface area contributed by atoms with Crippen LogP contribution < -0.4 is 4.90 Å². The Bertz CT molecular complexity index is 622. The molecule has 0 saturated carbocycles. The molecule has 0 spiro atoms. The number of aliphatic carboxylic acids is 1. The number of anilines is 1. The van der Waals surface area contributed by atoms with Gasteiger partial charge in [0.15, 0.2) is 9.84 Å². The molecule has 0 aromatic heterocycles. The number of sulfone groups is 1. The fourth-order valence-corrected chi connectivity index (χ4v) is 3.74. The van der Waals surface area contributed by atoms with E-state index in [1.54, 1.807) is 6.07 Å². The maximum atomic E-state index is 12.1. The van der Waals surface area contributed by atoms with Crippen molar-refractivity contribution in [3.8, 4) is 0 Å². The number of aryl methyl sites for hydroxylation is 2. The van der Waals surface area contributed by atoms with Crippen LogP contribution in [0.2, 0.25) is 0 Å². The van der Waals surface area contributed by atoms with Gasteiger partial charge >= 0.3 is 5.97 Å². The molecule has 1 heterocycles. The summed E-state index contributed by atoms with van der Waals surface area (Å²) in [5.41, 5.74) is 2.58. The molecule has 0 amide bonds. The van der Waals surface area contributed by atoms with Crippen molar-refractivity contribution in [3.63, 3.8) is 0 Å². The Morgan fingerprint density at radius 2 is 1.95 bits per heavy atom. The Hall–Kier alpha value is -1.56. The molecular weight excluding hydrogens is 266 g/mol. The van der Waals surface area contributed by atoms with Crippen LogP contribution in [0.5, 0.6) is 0 Å². The van der Waals surface area contributed by atoms with Gasteiger partial charge in [-0.25, -0.2) is 8.42 Å². The zero-order valence-electron chi connectivity index (χ0n) is 11.0. The van der Waals surface area contributed by atoms with Crippen molar-refractivity contribution in [3.05, 3.63) is 23.3 Å². The van der Waals surface area contributed by atoms with Gasteiger partial charge in [0.05, 0.1) is 22.8 Å². The Labute approximate surface area is 112 Å². The quantitative estimate of drug-likeness (QED) is 0.907. The van der Waals surface area contributed by atoms with Crippen molar-refractivity contribution in [2.45, 2.75) is 25.2 Å². The van der Waals surface area contributed by atoms with Crippen molar-refractivity contribution < 1.29 is 18.3 Å². The molecule has 19 heavy (non-hydrogen) atoms. The second-order valence-electron chi connectivity index (χ2n) is 4.85. The summed E-state index contributed by atoms with van der Waals surface area (Å²) in [6, 6.07) is 3.52. The van der Waals surface area contributed by atoms with E-state index in [4.69, 9.17) is 5.11 Å². The van der Waals surface area contributed by atoms with Crippen molar-refractivity contribution >= 4 is 21.5 Å². The normalized spacial score (nSPS) is 17.1. The highest BCUT2D eigenvalue weighted by atomic mass is 32.2. The van der Waals surface area contributed by atoms with Crippen molar-refractivity contribution in [2.75, 3.05) is 23.7 Å². The number of nitrogens with zero attached hydrogens (tertiary/aromatic N) is 1. The molecule has 0 unspecified atom stereocenters. The first-order valence-electron chi connectivity index (χ1n) is 6.12. The van der Waals surface area contributed by atoms with E-state index in [-0.39, 0.29) is 12.2 Å². The van der Waals surface area contributed by atoms with Crippen LogP contribution in [0.4, 0.5) is 5.69 Å². The van der Waals surface area contributed by atoms with Crippen molar-refractivity contribution in [1.82, 2.24) is 0 Å². The fourth-order valence-electron chi connectivity index (χ4n) is 2.19. The number of hydrogen-bond donors (Lipinski definition) is 1. The Morgan fingerprint density at radius 3 is 2.58 bits per heavy atom. The van der Waals surface area contributed by atoms with Crippen LogP contribution in [0.15, 0.2) is 17.0 Å². The maximum absolute atomic E-state index is 12.1. The van der Waals surface area contributed by atoms with Gasteiger partial charge in [0.2, 0.25) is 0 Å². The van der Waals surface area contributed by atoms with Gasteiger partial charge in [-0.05, 0) is 37.1 Å². The summed E-state index contributed by atoms with van der Waals surface area (Å²) in [5, 5.41) is 8.75. The fraction of sp³-hybridized carbons (Fsp3) is 0.462. The topological polar surface area (TPSA) is 74.7 Å². The Balaban J connectivity index is 2.45. The molecule has 104 valence electrons. The van der Waals surface area contributed by atoms with E-state index in [1.165, 1.54) is 0 Å². The Morgan fingerprint density at radius 1 is 1.32 bits per heavy atom. The largest absolute Gasteiger partial charge is 0.481 e. The highest BCUT2D eigenvalue weighted by Crippen LogP contribution is 2.33. The molecule has 0 bridgehead atoms. The second-order valence-corrected chi connectivity index (χ2v) is 6.93. The summed E-state index contributed by atoms with van der Waals surface area (Å²) in [7, 11) is -3.24. The van der Waals surface area contributed by atoms with Crippen LogP contribution >= 0.6 is 0 Å². The van der Waals surface area contributed by atoms with E-state index in [2.05, 4.69) is 0 Å². The molecule has 1 aromatic rings. The molecule has 5 nitrogen and oxygen atoms in total. The van der Waals surface area contributed by atoms with E-state index >= 15 is 0 Å². The monoisotopic (exact) mass is 283 g/mol. The van der Waals surface area contributed by atoms with Crippen LogP contribution in [0.1, 0.15) is 17.5 Å². The third kappa shape index (κ3) is 2.73. The second kappa shape index (κ2) is 4.85. The van der Waals surface area contributed by atoms with Gasteiger partial charge in [-0.3, -0.25) is 4.79 Å². The minimum atomic E-state index is -3.24. The van der Waals surface area contributed by atoms with E-state index in [0.717, 1.165) is 11.1 Å². The average molecular weight is 283 g/mol. The minimum absolute atomic E-state index is 0.00636. The lowest BCUT2D eigenvalue weighted by Crippen LogP contribution is -2.36. The van der Waals surface area contributed by atoms with Gasteiger partial charge in [0, 0.05) is 13.1 Å². The lowest BCUT2D eigenvalue weighted by atomic mass is 10.1. The number of hydrogen-bond acceptors (Lipinski definition) is 4. The molecule has 0 atom stereocenters. The molecule has 0 radical (unpaired) electrons. The third-order valence-electron chi connectivity index (χ3n) is 3.48. The molecule has 0 aliphatic carbocycles. The summed E-state index contributed by atoms with van der Waals surface area (Å²) in [4.78, 5) is 12.8. The molecule has 0 fully saturated rings. The number of carboxylic acids is 1. The smallest absolute Gasteiger partial charge is 0.305 e. The number of rotatable bonds is 3. The summed E-state index contributed by atoms with van der Waals surface area (Å²) in [6.07, 6.45) is 0.00636. The van der Waals surface area contributed by atoms with Crippen molar-refractivity contribution in [2.24, 2.45) is 0 Å². The van der Waals surface area contributed by atoms with Gasteiger partial charge in [-0.1, -0.05) is 0 Å². The zero-order chi connectivity index (χ0) is 14.2. The Kier molecular flexibility index (Phi) is 3.54. The van der Waals surface area contributed by atoms with E-state index in [0.29, 0.717) is 23.7 Å². The number of fused-ring (bicyclic) bond motifs is 1. The van der Waals surface area contributed by atoms with E-state index in [1.807, 2.05) is 24.8 Å². The highest BCUT2D eigenvalue weighted by molar-refractivity contribution is 7.91. The lowest BCUT2D eigenvalue weighted by Gasteiger charge is -2.31. The third-order valence-corrected chi connectivity index (χ3v) is 5.19. The first-order chi connectivity index (χ1) is 8.81. The molecular formula is C13H17NO4S. The highest BCUT2D eigenvalue weighted by Gasteiger charge is 2.29. The first-order valence-corrected chi connectivity index (χ1v) is 7.77. The summed E-state index contributed by atoms with van der Waals surface area (Å²) in [6.45, 7) is 4.49. The summed E-state index contributed by atoms with van der Waals surface area (Å²) < 4.78 is 24.2. The molecule has 1 aliphatic heterocycles. The van der Waals surface area contributed by atoms with Crippen LogP contribution in [0, 0.1) is 13.8 Å². The van der Waals surface area contributed by atoms with Gasteiger partial charge in [-0.2, -0.15) is 0 Å². The number of carboxylic acid groups (broad SMARTS) is 1. The molecule has 1 aliphatic rings. The molecule has 6 heteroatoms.